The van der Waals surface area contributed by atoms with Crippen molar-refractivity contribution in [1.29, 1.82) is 0 Å². The van der Waals surface area contributed by atoms with Gasteiger partial charge in [-0.05, 0) is 26.3 Å². The Morgan fingerprint density at radius 1 is 1.39 bits per heavy atom. The zero-order valence-electron chi connectivity index (χ0n) is 13.4. The molecule has 0 radical (unpaired) electrons. The molecule has 2 N–H and O–H groups in total. The monoisotopic (exact) mass is 337 g/mol. The van der Waals surface area contributed by atoms with E-state index < -0.39 is 17.5 Å². The highest BCUT2D eigenvalue weighted by atomic mass is 35.5. The first-order valence-corrected chi connectivity index (χ1v) is 7.86. The molecule has 1 heterocycles. The highest BCUT2D eigenvalue weighted by molar-refractivity contribution is 6.32. The summed E-state index contributed by atoms with van der Waals surface area (Å²) < 4.78 is 0. The molecule has 0 saturated carbocycles. The number of nitrogens with one attached hydrogen (secondary N) is 2. The summed E-state index contributed by atoms with van der Waals surface area (Å²) in [6.07, 6.45) is 0.767. The minimum atomic E-state index is -1.27. The lowest BCUT2D eigenvalue weighted by Crippen LogP contribution is -2.44. The van der Waals surface area contributed by atoms with Crippen LogP contribution in [0.1, 0.15) is 32.8 Å². The van der Waals surface area contributed by atoms with Gasteiger partial charge in [0, 0.05) is 16.6 Å². The number of amides is 4. The van der Waals surface area contributed by atoms with E-state index in [4.69, 9.17) is 11.6 Å². The van der Waals surface area contributed by atoms with Crippen LogP contribution in [0.3, 0.4) is 0 Å². The molecule has 7 heteroatoms. The number of carbonyl (C=O) groups excluding carboxylic acids is 3. The third-order valence-corrected chi connectivity index (χ3v) is 4.34. The van der Waals surface area contributed by atoms with Gasteiger partial charge in [-0.1, -0.05) is 36.7 Å². The third kappa shape index (κ3) is 3.32. The summed E-state index contributed by atoms with van der Waals surface area (Å²) in [5, 5.41) is 5.75. The van der Waals surface area contributed by atoms with Crippen molar-refractivity contribution < 1.29 is 14.4 Å². The average Bonchev–Trinajstić information content (AvgIpc) is 2.71. The standard InChI is InChI=1S/C16H20ClN3O3/c1-4-10(2)18-13(21)9-20-14(22)16(3,19-15(20)23)11-7-5-6-8-12(11)17/h5-8,10H,4,9H2,1-3H3,(H,18,21)(H,19,23)/t10-,16-/m1/s1. The van der Waals surface area contributed by atoms with Crippen molar-refractivity contribution in [2.24, 2.45) is 0 Å². The Labute approximate surface area is 140 Å². The maximum atomic E-state index is 12.7. The number of halogens is 1. The van der Waals surface area contributed by atoms with Crippen LogP contribution in [-0.2, 0) is 15.1 Å². The van der Waals surface area contributed by atoms with Gasteiger partial charge in [-0.25, -0.2) is 4.79 Å². The molecule has 1 aromatic rings. The predicted octanol–water partition coefficient (Wildman–Crippen LogP) is 2.02. The van der Waals surface area contributed by atoms with Crippen LogP contribution in [-0.4, -0.2) is 35.3 Å². The highest BCUT2D eigenvalue weighted by Gasteiger charge is 2.50. The fourth-order valence-electron chi connectivity index (χ4n) is 2.46. The van der Waals surface area contributed by atoms with Crippen LogP contribution < -0.4 is 10.6 Å². The minimum Gasteiger partial charge on any atom is -0.352 e. The van der Waals surface area contributed by atoms with Crippen molar-refractivity contribution in [2.75, 3.05) is 6.54 Å². The largest absolute Gasteiger partial charge is 0.352 e. The van der Waals surface area contributed by atoms with E-state index in [-0.39, 0.29) is 18.5 Å². The Morgan fingerprint density at radius 2 is 2.04 bits per heavy atom. The highest BCUT2D eigenvalue weighted by Crippen LogP contribution is 2.33. The third-order valence-electron chi connectivity index (χ3n) is 4.01. The van der Waals surface area contributed by atoms with Gasteiger partial charge in [0.1, 0.15) is 12.1 Å². The van der Waals surface area contributed by atoms with Crippen molar-refractivity contribution in [3.63, 3.8) is 0 Å². The number of hydrogen-bond acceptors (Lipinski definition) is 3. The van der Waals surface area contributed by atoms with Gasteiger partial charge < -0.3 is 10.6 Å². The van der Waals surface area contributed by atoms with Crippen LogP contribution in [0.5, 0.6) is 0 Å². The molecule has 0 aromatic heterocycles. The molecule has 1 saturated heterocycles. The van der Waals surface area contributed by atoms with E-state index in [2.05, 4.69) is 10.6 Å². The summed E-state index contributed by atoms with van der Waals surface area (Å²) in [6, 6.07) is 6.20. The van der Waals surface area contributed by atoms with Gasteiger partial charge in [-0.15, -0.1) is 0 Å². The van der Waals surface area contributed by atoms with Crippen molar-refractivity contribution in [2.45, 2.75) is 38.8 Å². The van der Waals surface area contributed by atoms with Crippen LogP contribution in [0, 0.1) is 0 Å². The number of imide groups is 1. The Hall–Kier alpha value is -2.08. The first-order chi connectivity index (χ1) is 10.8. The van der Waals surface area contributed by atoms with Gasteiger partial charge in [0.2, 0.25) is 5.91 Å². The molecular formula is C16H20ClN3O3. The lowest BCUT2D eigenvalue weighted by Gasteiger charge is -2.23. The first-order valence-electron chi connectivity index (χ1n) is 7.48. The first kappa shape index (κ1) is 17.3. The summed E-state index contributed by atoms with van der Waals surface area (Å²) in [6.45, 7) is 5.07. The van der Waals surface area contributed by atoms with Crippen LogP contribution in [0.15, 0.2) is 24.3 Å². The molecule has 0 spiro atoms. The van der Waals surface area contributed by atoms with E-state index in [1.807, 2.05) is 13.8 Å². The van der Waals surface area contributed by atoms with Crippen molar-refractivity contribution in [3.8, 4) is 0 Å². The maximum absolute atomic E-state index is 12.7. The molecule has 1 aromatic carbocycles. The molecule has 6 nitrogen and oxygen atoms in total. The summed E-state index contributed by atoms with van der Waals surface area (Å²) in [5.41, 5.74) is -0.767. The Balaban J connectivity index is 2.20. The van der Waals surface area contributed by atoms with Crippen molar-refractivity contribution in [1.82, 2.24) is 15.5 Å². The number of hydrogen-bond donors (Lipinski definition) is 2. The fraction of sp³-hybridized carbons (Fsp3) is 0.438. The normalized spacial score (nSPS) is 22.0. The molecule has 23 heavy (non-hydrogen) atoms. The number of benzene rings is 1. The fourth-order valence-corrected chi connectivity index (χ4v) is 2.78. The molecule has 2 atom stereocenters. The Bertz CT molecular complexity index is 649. The van der Waals surface area contributed by atoms with E-state index in [1.54, 1.807) is 31.2 Å². The molecule has 0 unspecified atom stereocenters. The van der Waals surface area contributed by atoms with Crippen LogP contribution >= 0.6 is 11.6 Å². The van der Waals surface area contributed by atoms with Gasteiger partial charge in [0.15, 0.2) is 0 Å². The molecule has 0 aliphatic carbocycles. The second-order valence-corrected chi connectivity index (χ2v) is 6.21. The molecule has 0 bridgehead atoms. The summed E-state index contributed by atoms with van der Waals surface area (Å²) in [7, 11) is 0. The summed E-state index contributed by atoms with van der Waals surface area (Å²) in [4.78, 5) is 37.7. The molecular weight excluding hydrogens is 318 g/mol. The molecule has 1 fully saturated rings. The van der Waals surface area contributed by atoms with Crippen LogP contribution in [0.2, 0.25) is 5.02 Å². The predicted molar refractivity (Wildman–Crippen MR) is 86.9 cm³/mol. The minimum absolute atomic E-state index is 0.0155. The van der Waals surface area contributed by atoms with Crippen LogP contribution in [0.4, 0.5) is 4.79 Å². The van der Waals surface area contributed by atoms with E-state index in [9.17, 15) is 14.4 Å². The van der Waals surface area contributed by atoms with E-state index >= 15 is 0 Å². The SMILES string of the molecule is CC[C@@H](C)NC(=O)CN1C(=O)N[C@](C)(c2ccccc2Cl)C1=O. The van der Waals surface area contributed by atoms with Gasteiger partial charge in [-0.3, -0.25) is 14.5 Å². The number of carbonyl (C=O) groups is 3. The maximum Gasteiger partial charge on any atom is 0.325 e. The quantitative estimate of drug-likeness (QED) is 0.807. The molecule has 1 aliphatic heterocycles. The second kappa shape index (κ2) is 6.58. The smallest absolute Gasteiger partial charge is 0.325 e. The number of urea groups is 1. The molecule has 124 valence electrons. The number of nitrogens with zero attached hydrogens (tertiary/aromatic N) is 1. The van der Waals surface area contributed by atoms with E-state index in [1.165, 1.54) is 0 Å². The zero-order valence-corrected chi connectivity index (χ0v) is 14.1. The van der Waals surface area contributed by atoms with Crippen molar-refractivity contribution in [3.05, 3.63) is 34.9 Å². The molecule has 1 aliphatic rings. The van der Waals surface area contributed by atoms with Gasteiger partial charge in [0.05, 0.1) is 0 Å². The Morgan fingerprint density at radius 3 is 2.65 bits per heavy atom. The van der Waals surface area contributed by atoms with Gasteiger partial charge >= 0.3 is 6.03 Å². The molecule has 4 amide bonds. The topological polar surface area (TPSA) is 78.5 Å². The molecule has 2 rings (SSSR count). The Kier molecular flexibility index (Phi) is 4.94. The van der Waals surface area contributed by atoms with E-state index in [0.717, 1.165) is 11.3 Å². The number of rotatable bonds is 5. The van der Waals surface area contributed by atoms with E-state index in [0.29, 0.717) is 10.6 Å². The summed E-state index contributed by atoms with van der Waals surface area (Å²) in [5.74, 6) is -0.860. The summed E-state index contributed by atoms with van der Waals surface area (Å²) >= 11 is 6.15. The van der Waals surface area contributed by atoms with Crippen LogP contribution in [0.25, 0.3) is 0 Å². The lowest BCUT2D eigenvalue weighted by atomic mass is 9.92. The van der Waals surface area contributed by atoms with Crippen molar-refractivity contribution >= 4 is 29.4 Å². The second-order valence-electron chi connectivity index (χ2n) is 5.80. The lowest BCUT2D eigenvalue weighted by molar-refractivity contribution is -0.135. The van der Waals surface area contributed by atoms with Gasteiger partial charge in [-0.2, -0.15) is 0 Å². The average molecular weight is 338 g/mol. The zero-order chi connectivity index (χ0) is 17.2. The van der Waals surface area contributed by atoms with Gasteiger partial charge in [0.25, 0.3) is 5.91 Å².